The highest BCUT2D eigenvalue weighted by Gasteiger charge is 2.32. The number of ether oxygens (including phenoxy) is 3. The summed E-state index contributed by atoms with van der Waals surface area (Å²) >= 11 is 0. The second-order valence-corrected chi connectivity index (χ2v) is 9.64. The van der Waals surface area contributed by atoms with Gasteiger partial charge in [-0.25, -0.2) is 13.2 Å². The molecular formula is C20H28N2O7S. The van der Waals surface area contributed by atoms with E-state index in [4.69, 9.17) is 14.2 Å². The highest BCUT2D eigenvalue weighted by molar-refractivity contribution is 7.89. The molecule has 0 aliphatic carbocycles. The van der Waals surface area contributed by atoms with Crippen LogP contribution in [0.4, 0.5) is 0 Å². The molecule has 2 fully saturated rings. The number of nitrogens with zero attached hydrogens (tertiary/aromatic N) is 2. The molecule has 3 rings (SSSR count). The summed E-state index contributed by atoms with van der Waals surface area (Å²) in [7, 11) is -3.69. The van der Waals surface area contributed by atoms with E-state index >= 15 is 0 Å². The zero-order valence-corrected chi connectivity index (χ0v) is 18.3. The van der Waals surface area contributed by atoms with Gasteiger partial charge in [-0.3, -0.25) is 4.79 Å². The summed E-state index contributed by atoms with van der Waals surface area (Å²) in [6.45, 7) is 7.10. The van der Waals surface area contributed by atoms with Gasteiger partial charge >= 0.3 is 5.97 Å². The highest BCUT2D eigenvalue weighted by atomic mass is 32.2. The minimum Gasteiger partial charge on any atom is -0.452 e. The quantitative estimate of drug-likeness (QED) is 0.627. The molecule has 0 aromatic heterocycles. The Balaban J connectivity index is 1.59. The first kappa shape index (κ1) is 22.7. The maximum Gasteiger partial charge on any atom is 0.338 e. The Hall–Kier alpha value is -2.01. The molecule has 2 heterocycles. The molecule has 2 aliphatic rings. The van der Waals surface area contributed by atoms with Gasteiger partial charge in [0, 0.05) is 26.2 Å². The summed E-state index contributed by atoms with van der Waals surface area (Å²) in [6.07, 6.45) is -0.431. The zero-order chi connectivity index (χ0) is 21.9. The minimum absolute atomic E-state index is 0.0506. The van der Waals surface area contributed by atoms with Crippen molar-refractivity contribution >= 4 is 21.9 Å². The lowest BCUT2D eigenvalue weighted by Gasteiger charge is -2.34. The van der Waals surface area contributed by atoms with Crippen molar-refractivity contribution in [2.75, 3.05) is 39.4 Å². The van der Waals surface area contributed by atoms with Crippen molar-refractivity contribution in [2.24, 2.45) is 0 Å². The lowest BCUT2D eigenvalue weighted by atomic mass is 10.2. The van der Waals surface area contributed by atoms with Crippen LogP contribution in [0.3, 0.4) is 0 Å². The first-order valence-electron chi connectivity index (χ1n) is 9.99. The van der Waals surface area contributed by atoms with Crippen LogP contribution in [0.1, 0.15) is 31.1 Å². The van der Waals surface area contributed by atoms with E-state index in [1.165, 1.54) is 28.6 Å². The van der Waals surface area contributed by atoms with Gasteiger partial charge in [0.05, 0.1) is 35.4 Å². The molecule has 1 amide bonds. The molecule has 1 aromatic rings. The van der Waals surface area contributed by atoms with Crippen LogP contribution < -0.4 is 0 Å². The summed E-state index contributed by atoms with van der Waals surface area (Å²) < 4.78 is 43.2. The monoisotopic (exact) mass is 440 g/mol. The molecule has 0 radical (unpaired) electrons. The van der Waals surface area contributed by atoms with Crippen LogP contribution in [0.5, 0.6) is 0 Å². The fourth-order valence-electron chi connectivity index (χ4n) is 3.59. The van der Waals surface area contributed by atoms with E-state index in [9.17, 15) is 18.0 Å². The van der Waals surface area contributed by atoms with Crippen molar-refractivity contribution in [1.82, 2.24) is 9.21 Å². The highest BCUT2D eigenvalue weighted by Crippen LogP contribution is 2.21. The number of amides is 1. The molecule has 0 bridgehead atoms. The average molecular weight is 441 g/mol. The van der Waals surface area contributed by atoms with Crippen LogP contribution in [-0.2, 0) is 29.0 Å². The Morgan fingerprint density at radius 3 is 2.27 bits per heavy atom. The van der Waals surface area contributed by atoms with E-state index in [0.29, 0.717) is 19.7 Å². The van der Waals surface area contributed by atoms with Crippen molar-refractivity contribution in [2.45, 2.75) is 44.0 Å². The maximum absolute atomic E-state index is 12.9. The van der Waals surface area contributed by atoms with Crippen LogP contribution in [0.15, 0.2) is 29.2 Å². The largest absolute Gasteiger partial charge is 0.452 e. The Kier molecular flexibility index (Phi) is 7.12. The van der Waals surface area contributed by atoms with Gasteiger partial charge < -0.3 is 19.1 Å². The number of carbonyl (C=O) groups is 2. The van der Waals surface area contributed by atoms with Crippen molar-refractivity contribution < 1.29 is 32.2 Å². The van der Waals surface area contributed by atoms with Gasteiger partial charge in [0.15, 0.2) is 6.61 Å². The predicted octanol–water partition coefficient (Wildman–Crippen LogP) is 0.889. The van der Waals surface area contributed by atoms with Crippen molar-refractivity contribution in [3.63, 3.8) is 0 Å². The fraction of sp³-hybridized carbons (Fsp3) is 0.600. The Bertz CT molecular complexity index is 862. The van der Waals surface area contributed by atoms with Crippen LogP contribution in [0, 0.1) is 0 Å². The Morgan fingerprint density at radius 1 is 1.03 bits per heavy atom. The third-order valence-electron chi connectivity index (χ3n) is 5.03. The van der Waals surface area contributed by atoms with Gasteiger partial charge in [0.25, 0.3) is 5.91 Å². The number of hydrogen-bond donors (Lipinski definition) is 0. The number of rotatable bonds is 5. The van der Waals surface area contributed by atoms with E-state index in [1.54, 1.807) is 4.90 Å². The normalized spacial score (nSPS) is 25.7. The third-order valence-corrected chi connectivity index (χ3v) is 6.88. The number of carbonyl (C=O) groups excluding carboxylic acids is 2. The number of benzene rings is 1. The number of morpholine rings is 2. The molecule has 3 unspecified atom stereocenters. The van der Waals surface area contributed by atoms with E-state index in [0.717, 1.165) is 0 Å². The summed E-state index contributed by atoms with van der Waals surface area (Å²) in [5, 5.41) is 0. The molecule has 0 N–H and O–H groups in total. The lowest BCUT2D eigenvalue weighted by molar-refractivity contribution is -0.141. The number of sulfonamides is 1. The Morgan fingerprint density at radius 2 is 1.67 bits per heavy atom. The van der Waals surface area contributed by atoms with Crippen LogP contribution in [-0.4, -0.2) is 87.2 Å². The van der Waals surface area contributed by atoms with Crippen LogP contribution in [0.25, 0.3) is 0 Å². The molecule has 166 valence electrons. The van der Waals surface area contributed by atoms with Crippen molar-refractivity contribution in [3.05, 3.63) is 29.8 Å². The molecule has 0 spiro atoms. The van der Waals surface area contributed by atoms with E-state index in [1.807, 2.05) is 20.8 Å². The second-order valence-electron chi connectivity index (χ2n) is 7.70. The summed E-state index contributed by atoms with van der Waals surface area (Å²) in [5.74, 6) is -0.963. The molecule has 2 saturated heterocycles. The molecule has 2 aliphatic heterocycles. The van der Waals surface area contributed by atoms with Crippen LogP contribution >= 0.6 is 0 Å². The summed E-state index contributed by atoms with van der Waals surface area (Å²) in [6, 6.07) is 5.54. The van der Waals surface area contributed by atoms with E-state index in [2.05, 4.69) is 0 Å². The van der Waals surface area contributed by atoms with Crippen molar-refractivity contribution in [1.29, 1.82) is 0 Å². The van der Waals surface area contributed by atoms with Gasteiger partial charge in [0.1, 0.15) is 0 Å². The number of hydrogen-bond acceptors (Lipinski definition) is 7. The summed E-state index contributed by atoms with van der Waals surface area (Å²) in [5.41, 5.74) is 0.181. The lowest BCUT2D eigenvalue weighted by Crippen LogP contribution is -2.48. The second kappa shape index (κ2) is 9.42. The molecular weight excluding hydrogens is 412 g/mol. The van der Waals surface area contributed by atoms with Gasteiger partial charge in [0.2, 0.25) is 10.0 Å². The van der Waals surface area contributed by atoms with Gasteiger partial charge in [-0.2, -0.15) is 4.31 Å². The number of esters is 1. The molecule has 0 saturated carbocycles. The molecule has 3 atom stereocenters. The smallest absolute Gasteiger partial charge is 0.338 e. The first-order valence-corrected chi connectivity index (χ1v) is 11.4. The SMILES string of the molecule is CC1CN(C(=O)COC(=O)c2ccc(S(=O)(=O)N3CC(C)OC(C)C3)cc2)CCO1. The van der Waals surface area contributed by atoms with Gasteiger partial charge in [-0.1, -0.05) is 0 Å². The predicted molar refractivity (Wildman–Crippen MR) is 107 cm³/mol. The molecule has 30 heavy (non-hydrogen) atoms. The maximum atomic E-state index is 12.9. The fourth-order valence-corrected chi connectivity index (χ4v) is 5.18. The van der Waals surface area contributed by atoms with E-state index in [-0.39, 0.29) is 54.4 Å². The van der Waals surface area contributed by atoms with Gasteiger partial charge in [-0.05, 0) is 45.0 Å². The van der Waals surface area contributed by atoms with Crippen molar-refractivity contribution in [3.8, 4) is 0 Å². The van der Waals surface area contributed by atoms with E-state index < -0.39 is 16.0 Å². The Labute approximate surface area is 176 Å². The molecule has 1 aromatic carbocycles. The standard InChI is InChI=1S/C20H28N2O7S/c1-14-10-21(8-9-27-14)19(23)13-28-20(24)17-4-6-18(7-5-17)30(25,26)22-11-15(2)29-16(3)12-22/h4-7,14-16H,8-13H2,1-3H3. The van der Waals surface area contributed by atoms with Gasteiger partial charge in [-0.15, -0.1) is 0 Å². The topological polar surface area (TPSA) is 102 Å². The zero-order valence-electron chi connectivity index (χ0n) is 17.4. The van der Waals surface area contributed by atoms with Crippen LogP contribution in [0.2, 0.25) is 0 Å². The minimum atomic E-state index is -3.69. The molecule has 9 nitrogen and oxygen atoms in total. The first-order chi connectivity index (χ1) is 14.2. The summed E-state index contributed by atoms with van der Waals surface area (Å²) in [4.78, 5) is 26.1. The average Bonchev–Trinajstić information content (AvgIpc) is 2.71. The third kappa shape index (κ3) is 5.37. The molecule has 10 heteroatoms.